The summed E-state index contributed by atoms with van der Waals surface area (Å²) < 4.78 is 29.1. The van der Waals surface area contributed by atoms with Crippen LogP contribution in [0.5, 0.6) is 0 Å². The third-order valence-corrected chi connectivity index (χ3v) is 8.13. The molecule has 0 aromatic carbocycles. The number of thiophene rings is 1. The average Bonchev–Trinajstić information content (AvgIpc) is 2.72. The van der Waals surface area contributed by atoms with Crippen LogP contribution in [0.2, 0.25) is 0 Å². The fraction of sp³-hybridized carbons (Fsp3) is 0.667. The van der Waals surface area contributed by atoms with E-state index in [1.165, 1.54) is 11.3 Å². The first-order valence-electron chi connectivity index (χ1n) is 6.38. The van der Waals surface area contributed by atoms with Gasteiger partial charge in [0.2, 0.25) is 10.0 Å². The van der Waals surface area contributed by atoms with Gasteiger partial charge in [0, 0.05) is 0 Å². The van der Waals surface area contributed by atoms with E-state index in [1.54, 1.807) is 6.07 Å². The van der Waals surface area contributed by atoms with Crippen LogP contribution in [0.1, 0.15) is 32.6 Å². The second kappa shape index (κ2) is 6.34. The molecule has 20 heavy (non-hydrogen) atoms. The number of sulfonamides is 1. The number of hydrogen-bond donors (Lipinski definition) is 2. The maximum atomic E-state index is 12.5. The molecule has 1 aromatic heterocycles. The van der Waals surface area contributed by atoms with Crippen molar-refractivity contribution in [1.82, 2.24) is 4.72 Å². The summed E-state index contributed by atoms with van der Waals surface area (Å²) in [7, 11) is -3.63. The van der Waals surface area contributed by atoms with Gasteiger partial charge in [-0.1, -0.05) is 6.92 Å². The van der Waals surface area contributed by atoms with Gasteiger partial charge < -0.3 is 5.11 Å². The van der Waals surface area contributed by atoms with Crippen LogP contribution in [0.4, 0.5) is 0 Å². The Morgan fingerprint density at radius 3 is 2.50 bits per heavy atom. The number of rotatable bonds is 4. The fourth-order valence-electron chi connectivity index (χ4n) is 2.46. The molecule has 0 spiro atoms. The van der Waals surface area contributed by atoms with Crippen molar-refractivity contribution < 1.29 is 13.5 Å². The molecule has 0 aliphatic heterocycles. The third-order valence-electron chi connectivity index (χ3n) is 3.80. The summed E-state index contributed by atoms with van der Waals surface area (Å²) in [6.07, 6.45) is 3.20. The van der Waals surface area contributed by atoms with Crippen LogP contribution in [0.3, 0.4) is 0 Å². The van der Waals surface area contributed by atoms with E-state index in [9.17, 15) is 13.5 Å². The van der Waals surface area contributed by atoms with E-state index in [2.05, 4.69) is 43.5 Å². The minimum atomic E-state index is -3.63. The Labute approximate surface area is 140 Å². The third kappa shape index (κ3) is 3.64. The van der Waals surface area contributed by atoms with Gasteiger partial charge in [-0.2, -0.15) is 0 Å². The van der Waals surface area contributed by atoms with Gasteiger partial charge >= 0.3 is 0 Å². The van der Waals surface area contributed by atoms with Crippen molar-refractivity contribution in [2.75, 3.05) is 6.61 Å². The van der Waals surface area contributed by atoms with E-state index in [0.717, 1.165) is 16.6 Å². The summed E-state index contributed by atoms with van der Waals surface area (Å²) in [6, 6.07) is 1.58. The Hall–Kier alpha value is 0.530. The van der Waals surface area contributed by atoms with Crippen molar-refractivity contribution in [3.8, 4) is 0 Å². The Balaban J connectivity index is 2.24. The van der Waals surface area contributed by atoms with E-state index in [-0.39, 0.29) is 11.5 Å². The molecule has 1 saturated carbocycles. The molecule has 2 N–H and O–H groups in total. The maximum Gasteiger partial charge on any atom is 0.243 e. The highest BCUT2D eigenvalue weighted by Gasteiger charge is 2.38. The molecular weight excluding hydrogens is 430 g/mol. The first-order valence-corrected chi connectivity index (χ1v) is 10.3. The molecule has 1 aliphatic carbocycles. The molecule has 1 fully saturated rings. The number of hydrogen-bond acceptors (Lipinski definition) is 4. The second-order valence-corrected chi connectivity index (χ2v) is 10.8. The Bertz CT molecular complexity index is 578. The zero-order valence-corrected chi connectivity index (χ0v) is 15.8. The molecule has 1 aliphatic rings. The zero-order valence-electron chi connectivity index (χ0n) is 11.0. The van der Waals surface area contributed by atoms with Crippen LogP contribution >= 0.6 is 43.2 Å². The molecule has 0 unspecified atom stereocenters. The molecule has 1 aromatic rings. The largest absolute Gasteiger partial charge is 0.394 e. The molecular formula is C12H17Br2NO3S2. The number of halogens is 2. The van der Waals surface area contributed by atoms with Crippen LogP contribution < -0.4 is 4.72 Å². The van der Waals surface area contributed by atoms with Gasteiger partial charge in [-0.05, 0) is 69.5 Å². The quantitative estimate of drug-likeness (QED) is 0.743. The van der Waals surface area contributed by atoms with E-state index in [4.69, 9.17) is 0 Å². The van der Waals surface area contributed by atoms with E-state index >= 15 is 0 Å². The summed E-state index contributed by atoms with van der Waals surface area (Å²) in [4.78, 5) is 0.223. The van der Waals surface area contributed by atoms with Crippen molar-refractivity contribution in [2.24, 2.45) is 5.92 Å². The predicted octanol–water partition coefficient (Wildman–Crippen LogP) is 3.49. The lowest BCUT2D eigenvalue weighted by atomic mass is 9.78. The Kier molecular flexibility index (Phi) is 5.35. The molecule has 0 bridgehead atoms. The normalized spacial score (nSPS) is 27.7. The number of aliphatic hydroxyl groups excluding tert-OH is 1. The predicted molar refractivity (Wildman–Crippen MR) is 87.5 cm³/mol. The van der Waals surface area contributed by atoms with Crippen molar-refractivity contribution in [1.29, 1.82) is 0 Å². The number of aliphatic hydroxyl groups is 1. The SMILES string of the molecule is CC1CCC(CO)(NS(=O)(=O)c2cc(Br)sc2Br)CC1. The van der Waals surface area contributed by atoms with Crippen LogP contribution in [0, 0.1) is 5.92 Å². The molecule has 0 saturated heterocycles. The van der Waals surface area contributed by atoms with Crippen molar-refractivity contribution >= 4 is 53.2 Å². The first kappa shape index (κ1) is 16.9. The molecule has 1 heterocycles. The van der Waals surface area contributed by atoms with Gasteiger partial charge in [-0.15, -0.1) is 11.3 Å². The minimum absolute atomic E-state index is 0.165. The van der Waals surface area contributed by atoms with Crippen LogP contribution in [-0.2, 0) is 10.0 Å². The molecule has 0 atom stereocenters. The summed E-state index contributed by atoms with van der Waals surface area (Å²) >= 11 is 7.88. The summed E-state index contributed by atoms with van der Waals surface area (Å²) in [5.41, 5.74) is -0.723. The highest BCUT2D eigenvalue weighted by atomic mass is 79.9. The van der Waals surface area contributed by atoms with Crippen LogP contribution in [0.15, 0.2) is 18.5 Å². The van der Waals surface area contributed by atoms with E-state index in [0.29, 0.717) is 22.5 Å². The van der Waals surface area contributed by atoms with Crippen molar-refractivity contribution in [3.63, 3.8) is 0 Å². The monoisotopic (exact) mass is 445 g/mol. The Morgan fingerprint density at radius 2 is 2.05 bits per heavy atom. The molecule has 4 nitrogen and oxygen atoms in total. The zero-order chi connectivity index (χ0) is 15.0. The van der Waals surface area contributed by atoms with Gasteiger partial charge in [0.05, 0.1) is 19.7 Å². The maximum absolute atomic E-state index is 12.5. The van der Waals surface area contributed by atoms with Gasteiger partial charge in [0.25, 0.3) is 0 Å². The molecule has 2 rings (SSSR count). The van der Waals surface area contributed by atoms with Crippen molar-refractivity contribution in [2.45, 2.75) is 43.0 Å². The Morgan fingerprint density at radius 1 is 1.45 bits per heavy atom. The van der Waals surface area contributed by atoms with E-state index in [1.807, 2.05) is 0 Å². The molecule has 0 amide bonds. The smallest absolute Gasteiger partial charge is 0.243 e. The summed E-state index contributed by atoms with van der Waals surface area (Å²) in [5.74, 6) is 0.584. The number of nitrogens with one attached hydrogen (secondary N) is 1. The van der Waals surface area contributed by atoms with E-state index < -0.39 is 15.6 Å². The summed E-state index contributed by atoms with van der Waals surface area (Å²) in [6.45, 7) is 1.99. The fourth-order valence-corrected chi connectivity index (χ4v) is 7.72. The highest BCUT2D eigenvalue weighted by Crippen LogP contribution is 2.37. The van der Waals surface area contributed by atoms with Crippen molar-refractivity contribution in [3.05, 3.63) is 13.6 Å². The highest BCUT2D eigenvalue weighted by molar-refractivity contribution is 9.12. The average molecular weight is 447 g/mol. The first-order chi connectivity index (χ1) is 9.28. The van der Waals surface area contributed by atoms with Gasteiger partial charge in [-0.25, -0.2) is 13.1 Å². The van der Waals surface area contributed by atoms with Gasteiger partial charge in [0.15, 0.2) is 0 Å². The van der Waals surface area contributed by atoms with Gasteiger partial charge in [0.1, 0.15) is 4.90 Å². The molecule has 114 valence electrons. The minimum Gasteiger partial charge on any atom is -0.394 e. The lowest BCUT2D eigenvalue weighted by molar-refractivity contribution is 0.125. The topological polar surface area (TPSA) is 66.4 Å². The van der Waals surface area contributed by atoms with Crippen LogP contribution in [-0.4, -0.2) is 25.7 Å². The summed E-state index contributed by atoms with van der Waals surface area (Å²) in [5, 5.41) is 9.67. The standard InChI is InChI=1S/C12H17Br2NO3S2/c1-8-2-4-12(7-16,5-3-8)15-20(17,18)9-6-10(13)19-11(9)14/h6,8,15-16H,2-5,7H2,1H3. The second-order valence-electron chi connectivity index (χ2n) is 5.41. The lowest BCUT2D eigenvalue weighted by Crippen LogP contribution is -2.53. The van der Waals surface area contributed by atoms with Gasteiger partial charge in [-0.3, -0.25) is 0 Å². The molecule has 0 radical (unpaired) electrons. The molecule has 8 heteroatoms. The van der Waals surface area contributed by atoms with Crippen LogP contribution in [0.25, 0.3) is 0 Å². The lowest BCUT2D eigenvalue weighted by Gasteiger charge is -2.38.